The molecule has 0 bridgehead atoms. The Kier molecular flexibility index (Phi) is 6.47. The van der Waals surface area contributed by atoms with E-state index in [0.717, 1.165) is 24.8 Å². The summed E-state index contributed by atoms with van der Waals surface area (Å²) in [6, 6.07) is 5.17. The van der Waals surface area contributed by atoms with Crippen molar-refractivity contribution in [2.45, 2.75) is 50.7 Å². The Hall–Kier alpha value is -2.54. The first-order valence-electron chi connectivity index (χ1n) is 10.1. The highest BCUT2D eigenvalue weighted by Crippen LogP contribution is 2.39. The van der Waals surface area contributed by atoms with E-state index < -0.39 is 11.6 Å². The highest BCUT2D eigenvalue weighted by Gasteiger charge is 2.55. The van der Waals surface area contributed by atoms with E-state index in [2.05, 4.69) is 0 Å². The van der Waals surface area contributed by atoms with Gasteiger partial charge in [0, 0.05) is 7.05 Å². The Bertz CT molecular complexity index is 785. The molecule has 1 aromatic carbocycles. The first-order valence-corrected chi connectivity index (χ1v) is 10.1. The second-order valence-corrected chi connectivity index (χ2v) is 7.72. The molecular formula is C22H30N2O5. The number of hydrogen-bond donors (Lipinski definition) is 1. The minimum absolute atomic E-state index is 0.0485. The minimum atomic E-state index is -0.991. The van der Waals surface area contributed by atoms with Crippen molar-refractivity contribution in [3.05, 3.63) is 29.8 Å². The van der Waals surface area contributed by atoms with Crippen LogP contribution in [0.25, 0.3) is 6.08 Å². The van der Waals surface area contributed by atoms with E-state index in [4.69, 9.17) is 9.47 Å². The van der Waals surface area contributed by atoms with Crippen molar-refractivity contribution in [3.8, 4) is 11.5 Å². The molecule has 1 unspecified atom stereocenters. The first kappa shape index (κ1) is 21.2. The number of aliphatic hydroxyl groups is 1. The van der Waals surface area contributed by atoms with Crippen LogP contribution in [0, 0.1) is 0 Å². The third-order valence-corrected chi connectivity index (χ3v) is 5.86. The lowest BCUT2D eigenvalue weighted by atomic mass is 9.81. The zero-order valence-corrected chi connectivity index (χ0v) is 17.4. The quantitative estimate of drug-likeness (QED) is 0.709. The van der Waals surface area contributed by atoms with Crippen LogP contribution in [-0.2, 0) is 4.79 Å². The van der Waals surface area contributed by atoms with Crippen molar-refractivity contribution < 1.29 is 24.2 Å². The molecule has 1 aromatic rings. The van der Waals surface area contributed by atoms with Crippen molar-refractivity contribution in [2.24, 2.45) is 0 Å². The molecule has 7 nitrogen and oxygen atoms in total. The van der Waals surface area contributed by atoms with Crippen LogP contribution in [0.4, 0.5) is 4.79 Å². The standard InChI is InChI=1S/C22H30N2O5/c1-4-8-16-9-10-18(19(13-16)28-3)29-15-17(25)14-24-20(26)22(23(2)21(24)27)11-6-5-7-12-22/h4,8-10,13,17,25H,5-7,11-12,14-15H2,1-3H3/b8-4+. The van der Waals surface area contributed by atoms with Gasteiger partial charge in [-0.1, -0.05) is 37.5 Å². The Morgan fingerprint density at radius 2 is 1.93 bits per heavy atom. The average Bonchev–Trinajstić information content (AvgIpc) is 2.90. The zero-order chi connectivity index (χ0) is 21.0. The number of ether oxygens (including phenoxy) is 2. The lowest BCUT2D eigenvalue weighted by Crippen LogP contribution is -2.49. The number of imide groups is 1. The van der Waals surface area contributed by atoms with Gasteiger partial charge in [0.1, 0.15) is 18.2 Å². The summed E-state index contributed by atoms with van der Waals surface area (Å²) in [6.45, 7) is 1.80. The maximum Gasteiger partial charge on any atom is 0.327 e. The fourth-order valence-electron chi connectivity index (χ4n) is 4.24. The van der Waals surface area contributed by atoms with Crippen LogP contribution in [0.1, 0.15) is 44.6 Å². The average molecular weight is 402 g/mol. The number of likely N-dealkylation sites (N-methyl/N-ethyl adjacent to an activating group) is 1. The van der Waals surface area contributed by atoms with Crippen molar-refractivity contribution in [1.82, 2.24) is 9.80 Å². The highest BCUT2D eigenvalue weighted by atomic mass is 16.5. The molecule has 1 saturated carbocycles. The summed E-state index contributed by atoms with van der Waals surface area (Å²) in [5, 5.41) is 10.4. The van der Waals surface area contributed by atoms with Crippen molar-refractivity contribution >= 4 is 18.0 Å². The number of nitrogens with zero attached hydrogens (tertiary/aromatic N) is 2. The number of aliphatic hydroxyl groups excluding tert-OH is 1. The summed E-state index contributed by atoms with van der Waals surface area (Å²) in [5.74, 6) is 0.860. The van der Waals surface area contributed by atoms with Gasteiger partial charge in [-0.2, -0.15) is 0 Å². The van der Waals surface area contributed by atoms with E-state index in [0.29, 0.717) is 24.3 Å². The summed E-state index contributed by atoms with van der Waals surface area (Å²) in [7, 11) is 3.24. The molecular weight excluding hydrogens is 372 g/mol. The van der Waals surface area contributed by atoms with Gasteiger partial charge in [0.2, 0.25) is 0 Å². The predicted molar refractivity (Wildman–Crippen MR) is 110 cm³/mol. The van der Waals surface area contributed by atoms with Crippen molar-refractivity contribution in [1.29, 1.82) is 0 Å². The van der Waals surface area contributed by atoms with Gasteiger partial charge < -0.3 is 19.5 Å². The SMILES string of the molecule is C/C=C/c1ccc(OCC(O)CN2C(=O)N(C)C3(CCCCC3)C2=O)c(OC)c1. The molecule has 1 aliphatic carbocycles. The summed E-state index contributed by atoms with van der Waals surface area (Å²) >= 11 is 0. The number of amides is 3. The van der Waals surface area contributed by atoms with Crippen LogP contribution in [0.5, 0.6) is 11.5 Å². The van der Waals surface area contributed by atoms with Crippen LogP contribution < -0.4 is 9.47 Å². The van der Waals surface area contributed by atoms with E-state index in [1.54, 1.807) is 25.1 Å². The zero-order valence-electron chi connectivity index (χ0n) is 17.4. The summed E-state index contributed by atoms with van der Waals surface area (Å²) < 4.78 is 11.1. The molecule has 0 radical (unpaired) electrons. The van der Waals surface area contributed by atoms with Crippen molar-refractivity contribution in [2.75, 3.05) is 27.3 Å². The molecule has 2 fully saturated rings. The summed E-state index contributed by atoms with van der Waals surface area (Å²) in [6.07, 6.45) is 7.22. The normalized spacial score (nSPS) is 20.0. The Labute approximate surface area is 171 Å². The number of methoxy groups -OCH3 is 1. The number of hydrogen-bond acceptors (Lipinski definition) is 5. The molecule has 1 heterocycles. The number of urea groups is 1. The molecule has 1 spiro atoms. The summed E-state index contributed by atoms with van der Waals surface area (Å²) in [5.41, 5.74) is 0.244. The number of allylic oxidation sites excluding steroid dienone is 1. The molecule has 3 rings (SSSR count). The predicted octanol–water partition coefficient (Wildman–Crippen LogP) is 3.06. The fraction of sp³-hybridized carbons (Fsp3) is 0.545. The molecule has 1 atom stereocenters. The highest BCUT2D eigenvalue weighted by molar-refractivity contribution is 6.07. The van der Waals surface area contributed by atoms with Gasteiger partial charge in [-0.05, 0) is 37.5 Å². The van der Waals surface area contributed by atoms with Crippen LogP contribution in [0.15, 0.2) is 24.3 Å². The first-order chi connectivity index (χ1) is 13.9. The molecule has 0 aromatic heterocycles. The second-order valence-electron chi connectivity index (χ2n) is 7.72. The smallest absolute Gasteiger partial charge is 0.327 e. The molecule has 3 amide bonds. The molecule has 158 valence electrons. The molecule has 2 aliphatic rings. The Morgan fingerprint density at radius 1 is 1.21 bits per heavy atom. The topological polar surface area (TPSA) is 79.3 Å². The molecule has 29 heavy (non-hydrogen) atoms. The third kappa shape index (κ3) is 4.10. The van der Waals surface area contributed by atoms with Gasteiger partial charge in [-0.15, -0.1) is 0 Å². The van der Waals surface area contributed by atoms with E-state index in [-0.39, 0.29) is 25.1 Å². The van der Waals surface area contributed by atoms with Gasteiger partial charge in [-0.25, -0.2) is 4.79 Å². The van der Waals surface area contributed by atoms with Crippen LogP contribution in [0.3, 0.4) is 0 Å². The van der Waals surface area contributed by atoms with E-state index in [1.165, 1.54) is 4.90 Å². The summed E-state index contributed by atoms with van der Waals surface area (Å²) in [4.78, 5) is 28.4. The van der Waals surface area contributed by atoms with Crippen LogP contribution in [-0.4, -0.2) is 65.8 Å². The van der Waals surface area contributed by atoms with E-state index >= 15 is 0 Å². The number of carbonyl (C=O) groups is 2. The molecule has 1 N–H and O–H groups in total. The van der Waals surface area contributed by atoms with Gasteiger partial charge >= 0.3 is 6.03 Å². The molecule has 1 aliphatic heterocycles. The molecule has 1 saturated heterocycles. The number of rotatable bonds is 7. The largest absolute Gasteiger partial charge is 0.493 e. The van der Waals surface area contributed by atoms with Crippen molar-refractivity contribution in [3.63, 3.8) is 0 Å². The monoisotopic (exact) mass is 402 g/mol. The maximum atomic E-state index is 13.0. The van der Waals surface area contributed by atoms with Crippen LogP contribution in [0.2, 0.25) is 0 Å². The Morgan fingerprint density at radius 3 is 2.59 bits per heavy atom. The van der Waals surface area contributed by atoms with Gasteiger partial charge in [-0.3, -0.25) is 9.69 Å². The minimum Gasteiger partial charge on any atom is -0.493 e. The lowest BCUT2D eigenvalue weighted by Gasteiger charge is -2.35. The molecule has 7 heteroatoms. The maximum absolute atomic E-state index is 13.0. The third-order valence-electron chi connectivity index (χ3n) is 5.86. The number of benzene rings is 1. The number of carbonyl (C=O) groups excluding carboxylic acids is 2. The van der Waals surface area contributed by atoms with Gasteiger partial charge in [0.15, 0.2) is 11.5 Å². The lowest BCUT2D eigenvalue weighted by molar-refractivity contribution is -0.135. The second kappa shape index (κ2) is 8.86. The van der Waals surface area contributed by atoms with Gasteiger partial charge in [0.05, 0.1) is 13.7 Å². The van der Waals surface area contributed by atoms with Gasteiger partial charge in [0.25, 0.3) is 5.91 Å². The number of β-amino-alcohol motifs (C(OH)–C–C–N with tert-alkyl or cyclic N) is 1. The van der Waals surface area contributed by atoms with E-state index in [1.807, 2.05) is 31.2 Å². The van der Waals surface area contributed by atoms with E-state index in [9.17, 15) is 14.7 Å². The Balaban J connectivity index is 1.63. The van der Waals surface area contributed by atoms with Crippen LogP contribution >= 0.6 is 0 Å². The fourth-order valence-corrected chi connectivity index (χ4v) is 4.24.